The summed E-state index contributed by atoms with van der Waals surface area (Å²) in [4.78, 5) is 25.0. The number of hydrogen-bond donors (Lipinski definition) is 1. The molecule has 0 saturated carbocycles. The molecule has 5 heteroatoms. The molecule has 0 bridgehead atoms. The van der Waals surface area contributed by atoms with Crippen molar-refractivity contribution in [2.24, 2.45) is 0 Å². The summed E-state index contributed by atoms with van der Waals surface area (Å²) in [6.45, 7) is 2.12. The number of nitrogens with zero attached hydrogens (tertiary/aromatic N) is 1. The van der Waals surface area contributed by atoms with Gasteiger partial charge in [0.2, 0.25) is 5.91 Å². The second-order valence-corrected chi connectivity index (χ2v) is 4.12. The lowest BCUT2D eigenvalue weighted by Crippen LogP contribution is -2.48. The lowest BCUT2D eigenvalue weighted by molar-refractivity contribution is -0.119. The Morgan fingerprint density at radius 2 is 1.83 bits per heavy atom. The van der Waals surface area contributed by atoms with Crippen LogP contribution in [0.4, 0.5) is 4.79 Å². The van der Waals surface area contributed by atoms with E-state index in [1.165, 1.54) is 0 Å². The van der Waals surface area contributed by atoms with Crippen LogP contribution in [0.1, 0.15) is 5.56 Å². The predicted molar refractivity (Wildman–Crippen MR) is 66.1 cm³/mol. The average molecular weight is 248 g/mol. The molecule has 0 unspecified atom stereocenters. The molecule has 1 aromatic rings. The first-order valence-corrected chi connectivity index (χ1v) is 5.96. The third-order valence-corrected chi connectivity index (χ3v) is 2.75. The molecule has 1 aliphatic heterocycles. The fourth-order valence-corrected chi connectivity index (χ4v) is 1.79. The minimum Gasteiger partial charge on any atom is -0.378 e. The Balaban J connectivity index is 1.82. The highest BCUT2D eigenvalue weighted by atomic mass is 16.5. The molecule has 1 heterocycles. The summed E-state index contributed by atoms with van der Waals surface area (Å²) in [7, 11) is 0. The number of benzene rings is 1. The second kappa shape index (κ2) is 6.16. The number of hydrogen-bond acceptors (Lipinski definition) is 3. The number of carbonyl (C=O) groups is 2. The summed E-state index contributed by atoms with van der Waals surface area (Å²) in [6.07, 6.45) is 0.219. The van der Waals surface area contributed by atoms with Gasteiger partial charge in [-0.3, -0.25) is 10.1 Å². The summed E-state index contributed by atoms with van der Waals surface area (Å²) < 4.78 is 5.14. The van der Waals surface area contributed by atoms with E-state index in [1.807, 2.05) is 30.3 Å². The fourth-order valence-electron chi connectivity index (χ4n) is 1.79. The minimum absolute atomic E-state index is 0.219. The van der Waals surface area contributed by atoms with Crippen LogP contribution in [0.25, 0.3) is 0 Å². The molecule has 0 aromatic heterocycles. The number of nitrogens with one attached hydrogen (secondary N) is 1. The molecule has 1 saturated heterocycles. The van der Waals surface area contributed by atoms with Crippen molar-refractivity contribution in [2.75, 3.05) is 26.3 Å². The SMILES string of the molecule is O=C(Cc1ccccc1)NC(=O)N1CCOCC1. The maximum Gasteiger partial charge on any atom is 0.324 e. The van der Waals surface area contributed by atoms with Crippen LogP contribution in [0.15, 0.2) is 30.3 Å². The zero-order valence-corrected chi connectivity index (χ0v) is 10.1. The molecule has 18 heavy (non-hydrogen) atoms. The number of ether oxygens (including phenoxy) is 1. The molecule has 1 aromatic carbocycles. The van der Waals surface area contributed by atoms with Gasteiger partial charge in [0.15, 0.2) is 0 Å². The van der Waals surface area contributed by atoms with Crippen LogP contribution in [0, 0.1) is 0 Å². The van der Waals surface area contributed by atoms with Gasteiger partial charge in [0.1, 0.15) is 0 Å². The Bertz CT molecular complexity index is 414. The van der Waals surface area contributed by atoms with E-state index in [0.717, 1.165) is 5.56 Å². The standard InChI is InChI=1S/C13H16N2O3/c16-12(10-11-4-2-1-3-5-11)14-13(17)15-6-8-18-9-7-15/h1-5H,6-10H2,(H,14,16,17). The Morgan fingerprint density at radius 3 is 2.50 bits per heavy atom. The lowest BCUT2D eigenvalue weighted by atomic mass is 10.1. The second-order valence-electron chi connectivity index (χ2n) is 4.12. The van der Waals surface area contributed by atoms with Gasteiger partial charge < -0.3 is 9.64 Å². The summed E-state index contributed by atoms with van der Waals surface area (Å²) in [5.41, 5.74) is 0.893. The van der Waals surface area contributed by atoms with Gasteiger partial charge in [-0.25, -0.2) is 4.79 Å². The summed E-state index contributed by atoms with van der Waals surface area (Å²) in [6, 6.07) is 9.01. The monoisotopic (exact) mass is 248 g/mol. The number of imide groups is 1. The van der Waals surface area contributed by atoms with Crippen LogP contribution in [-0.4, -0.2) is 43.1 Å². The van der Waals surface area contributed by atoms with E-state index in [2.05, 4.69) is 5.32 Å². The van der Waals surface area contributed by atoms with Crippen LogP contribution in [0.2, 0.25) is 0 Å². The van der Waals surface area contributed by atoms with Gasteiger partial charge in [0.25, 0.3) is 0 Å². The topological polar surface area (TPSA) is 58.6 Å². The van der Waals surface area contributed by atoms with Gasteiger partial charge in [0, 0.05) is 13.1 Å². The normalized spacial score (nSPS) is 15.2. The zero-order valence-electron chi connectivity index (χ0n) is 10.1. The molecule has 1 aliphatic rings. The number of carbonyl (C=O) groups excluding carboxylic acids is 2. The van der Waals surface area contributed by atoms with Gasteiger partial charge in [0.05, 0.1) is 19.6 Å². The Hall–Kier alpha value is -1.88. The molecule has 3 amide bonds. The molecular formula is C13H16N2O3. The van der Waals surface area contributed by atoms with E-state index in [4.69, 9.17) is 4.74 Å². The zero-order chi connectivity index (χ0) is 12.8. The average Bonchev–Trinajstić information content (AvgIpc) is 2.40. The predicted octanol–water partition coefficient (Wildman–Crippen LogP) is 0.797. The first kappa shape index (κ1) is 12.6. The van der Waals surface area contributed by atoms with Crippen molar-refractivity contribution in [1.82, 2.24) is 10.2 Å². The molecule has 0 atom stereocenters. The van der Waals surface area contributed by atoms with E-state index in [0.29, 0.717) is 26.3 Å². The first-order chi connectivity index (χ1) is 8.75. The van der Waals surface area contributed by atoms with Crippen molar-refractivity contribution in [3.05, 3.63) is 35.9 Å². The summed E-state index contributed by atoms with van der Waals surface area (Å²) in [5, 5.41) is 2.39. The van der Waals surface area contributed by atoms with Crippen molar-refractivity contribution in [3.63, 3.8) is 0 Å². The van der Waals surface area contributed by atoms with Gasteiger partial charge >= 0.3 is 6.03 Å². The molecule has 0 aliphatic carbocycles. The molecule has 2 rings (SSSR count). The van der Waals surface area contributed by atoms with E-state index in [9.17, 15) is 9.59 Å². The minimum atomic E-state index is -0.334. The number of morpholine rings is 1. The number of rotatable bonds is 2. The fraction of sp³-hybridized carbons (Fsp3) is 0.385. The summed E-state index contributed by atoms with van der Waals surface area (Å²) >= 11 is 0. The highest BCUT2D eigenvalue weighted by Crippen LogP contribution is 2.00. The third-order valence-electron chi connectivity index (χ3n) is 2.75. The van der Waals surface area contributed by atoms with Crippen LogP contribution in [0.3, 0.4) is 0 Å². The van der Waals surface area contributed by atoms with Crippen molar-refractivity contribution in [1.29, 1.82) is 0 Å². The highest BCUT2D eigenvalue weighted by molar-refractivity contribution is 5.95. The number of amides is 3. The quantitative estimate of drug-likeness (QED) is 0.842. The molecule has 1 N–H and O–H groups in total. The Morgan fingerprint density at radius 1 is 1.17 bits per heavy atom. The van der Waals surface area contributed by atoms with Crippen LogP contribution in [0.5, 0.6) is 0 Å². The molecule has 5 nitrogen and oxygen atoms in total. The lowest BCUT2D eigenvalue weighted by Gasteiger charge is -2.26. The number of urea groups is 1. The molecule has 1 fully saturated rings. The van der Waals surface area contributed by atoms with Crippen LogP contribution < -0.4 is 5.32 Å². The van der Waals surface area contributed by atoms with Gasteiger partial charge in [-0.1, -0.05) is 30.3 Å². The van der Waals surface area contributed by atoms with E-state index >= 15 is 0 Å². The van der Waals surface area contributed by atoms with E-state index < -0.39 is 0 Å². The molecule has 96 valence electrons. The largest absolute Gasteiger partial charge is 0.378 e. The summed E-state index contributed by atoms with van der Waals surface area (Å²) in [5.74, 6) is -0.280. The van der Waals surface area contributed by atoms with Crippen LogP contribution in [-0.2, 0) is 16.0 Å². The van der Waals surface area contributed by atoms with Gasteiger partial charge in [-0.15, -0.1) is 0 Å². The van der Waals surface area contributed by atoms with Crippen molar-refractivity contribution < 1.29 is 14.3 Å². The third kappa shape index (κ3) is 3.56. The van der Waals surface area contributed by atoms with E-state index in [1.54, 1.807) is 4.90 Å². The molecule has 0 spiro atoms. The first-order valence-electron chi connectivity index (χ1n) is 5.96. The highest BCUT2D eigenvalue weighted by Gasteiger charge is 2.18. The Kier molecular flexibility index (Phi) is 4.30. The molecule has 0 radical (unpaired) electrons. The van der Waals surface area contributed by atoms with Crippen LogP contribution >= 0.6 is 0 Å². The van der Waals surface area contributed by atoms with Gasteiger partial charge in [-0.05, 0) is 5.56 Å². The smallest absolute Gasteiger partial charge is 0.324 e. The van der Waals surface area contributed by atoms with Crippen molar-refractivity contribution in [3.8, 4) is 0 Å². The van der Waals surface area contributed by atoms with Crippen molar-refractivity contribution in [2.45, 2.75) is 6.42 Å². The Labute approximate surface area is 106 Å². The molecular weight excluding hydrogens is 232 g/mol. The van der Waals surface area contributed by atoms with Gasteiger partial charge in [-0.2, -0.15) is 0 Å². The maximum atomic E-state index is 11.7. The van der Waals surface area contributed by atoms with E-state index in [-0.39, 0.29) is 18.4 Å². The maximum absolute atomic E-state index is 11.7. The van der Waals surface area contributed by atoms with Crippen molar-refractivity contribution >= 4 is 11.9 Å².